The van der Waals surface area contributed by atoms with Crippen LogP contribution >= 0.6 is 0 Å². The Morgan fingerprint density at radius 3 is 2.70 bits per heavy atom. The molecule has 0 fully saturated rings. The Morgan fingerprint density at radius 2 is 2.10 bits per heavy atom. The lowest BCUT2D eigenvalue weighted by Gasteiger charge is -2.18. The van der Waals surface area contributed by atoms with Crippen LogP contribution in [0.5, 0.6) is 0 Å². The van der Waals surface area contributed by atoms with Gasteiger partial charge < -0.3 is 15.3 Å². The van der Waals surface area contributed by atoms with Crippen molar-refractivity contribution >= 4 is 11.8 Å². The van der Waals surface area contributed by atoms with Gasteiger partial charge in [-0.25, -0.2) is 0 Å². The molecule has 1 unspecified atom stereocenters. The summed E-state index contributed by atoms with van der Waals surface area (Å²) in [6.07, 6.45) is 0. The van der Waals surface area contributed by atoms with Gasteiger partial charge in [-0.3, -0.25) is 9.59 Å². The number of benzene rings is 1. The summed E-state index contributed by atoms with van der Waals surface area (Å²) in [6, 6.07) is 6.12. The molecule has 0 bridgehead atoms. The molecule has 2 N–H and O–H groups in total. The van der Waals surface area contributed by atoms with Gasteiger partial charge in [0.2, 0.25) is 5.91 Å². The van der Waals surface area contributed by atoms with E-state index in [1.165, 1.54) is 4.90 Å². The van der Waals surface area contributed by atoms with Crippen molar-refractivity contribution in [1.29, 1.82) is 0 Å². The maximum absolute atomic E-state index is 12.0. The number of carbonyl (C=O) groups excluding carboxylic acids is 2. The highest BCUT2D eigenvalue weighted by Gasteiger charge is 2.17. The molecule has 0 saturated heterocycles. The molecule has 0 saturated carbocycles. The van der Waals surface area contributed by atoms with Crippen LogP contribution in [0.4, 0.5) is 0 Å². The normalized spacial score (nSPS) is 11.0. The van der Waals surface area contributed by atoms with E-state index >= 15 is 0 Å². The van der Waals surface area contributed by atoms with Crippen LogP contribution in [0.3, 0.4) is 0 Å². The molecule has 0 aromatic heterocycles. The molecule has 1 rings (SSSR count). The summed E-state index contributed by atoms with van der Waals surface area (Å²) in [5.41, 5.74) is 1.06. The van der Waals surface area contributed by atoms with E-state index in [4.69, 9.17) is 5.11 Å². The molecule has 0 aliphatic heterocycles. The van der Waals surface area contributed by atoms with Gasteiger partial charge in [0, 0.05) is 25.2 Å². The lowest BCUT2D eigenvalue weighted by Crippen LogP contribution is -2.44. The Balaban J connectivity index is 2.80. The third kappa shape index (κ3) is 4.41. The van der Waals surface area contributed by atoms with E-state index in [9.17, 15) is 9.59 Å². The van der Waals surface area contributed by atoms with E-state index in [0.29, 0.717) is 11.1 Å². The molecule has 0 aliphatic rings. The zero-order valence-corrected chi connectivity index (χ0v) is 11.8. The second kappa shape index (κ2) is 7.31. The van der Waals surface area contributed by atoms with Crippen molar-refractivity contribution in [2.75, 3.05) is 20.7 Å². The van der Waals surface area contributed by atoms with Gasteiger partial charge in [-0.15, -0.1) is 0 Å². The van der Waals surface area contributed by atoms with Crippen LogP contribution in [0.15, 0.2) is 24.3 Å². The van der Waals surface area contributed by atoms with Gasteiger partial charge in [-0.05, 0) is 25.1 Å². The van der Waals surface area contributed by atoms with Crippen LogP contribution < -0.4 is 5.32 Å². The Morgan fingerprint density at radius 1 is 1.40 bits per heavy atom. The van der Waals surface area contributed by atoms with Gasteiger partial charge in [0.1, 0.15) is 12.6 Å². The third-order valence-corrected chi connectivity index (χ3v) is 2.60. The fraction of sp³-hybridized carbons (Fsp3) is 0.333. The molecular weight excluding hydrogens is 256 g/mol. The second-order valence-corrected chi connectivity index (χ2v) is 4.47. The van der Waals surface area contributed by atoms with Crippen molar-refractivity contribution in [3.8, 4) is 11.8 Å². The molecule has 5 nitrogen and oxygen atoms in total. The number of aliphatic hydroxyl groups excluding tert-OH is 1. The third-order valence-electron chi connectivity index (χ3n) is 2.60. The quantitative estimate of drug-likeness (QED) is 0.776. The first-order valence-corrected chi connectivity index (χ1v) is 6.17. The first kappa shape index (κ1) is 15.7. The molecule has 1 aromatic rings. The Kier molecular flexibility index (Phi) is 5.75. The molecule has 5 heteroatoms. The summed E-state index contributed by atoms with van der Waals surface area (Å²) in [5.74, 6) is 4.74. The van der Waals surface area contributed by atoms with Crippen LogP contribution in [0, 0.1) is 11.8 Å². The summed E-state index contributed by atoms with van der Waals surface area (Å²) in [6.45, 7) is 1.40. The second-order valence-electron chi connectivity index (χ2n) is 4.47. The lowest BCUT2D eigenvalue weighted by molar-refractivity contribution is -0.130. The number of amides is 2. The van der Waals surface area contributed by atoms with Crippen LogP contribution in [-0.2, 0) is 4.79 Å². The van der Waals surface area contributed by atoms with Gasteiger partial charge in [0.25, 0.3) is 5.91 Å². The van der Waals surface area contributed by atoms with Crippen LogP contribution in [0.2, 0.25) is 0 Å². The highest BCUT2D eigenvalue weighted by molar-refractivity contribution is 5.97. The average Bonchev–Trinajstić information content (AvgIpc) is 2.44. The highest BCUT2D eigenvalue weighted by Crippen LogP contribution is 2.05. The van der Waals surface area contributed by atoms with Crippen LogP contribution in [0.25, 0.3) is 0 Å². The number of nitrogens with one attached hydrogen (secondary N) is 1. The number of likely N-dealkylation sites (N-methyl/N-ethyl adjacent to an activating group) is 1. The summed E-state index contributed by atoms with van der Waals surface area (Å²) in [4.78, 5) is 25.1. The molecule has 0 aliphatic carbocycles. The maximum Gasteiger partial charge on any atom is 0.251 e. The van der Waals surface area contributed by atoms with Crippen molar-refractivity contribution in [2.45, 2.75) is 13.0 Å². The Labute approximate surface area is 118 Å². The van der Waals surface area contributed by atoms with E-state index < -0.39 is 6.04 Å². The summed E-state index contributed by atoms with van der Waals surface area (Å²) in [7, 11) is 3.27. The molecular formula is C15H18N2O3. The van der Waals surface area contributed by atoms with E-state index in [0.717, 1.165) is 0 Å². The number of carbonyl (C=O) groups is 2. The standard InChI is InChI=1S/C15H18N2O3/c1-11(15(20)17(2)3)16-14(19)13-8-4-6-12(10-13)7-5-9-18/h4,6,8,10-11,18H,9H2,1-3H3,(H,16,19). The molecule has 106 valence electrons. The van der Waals surface area contributed by atoms with Crippen molar-refractivity contribution in [2.24, 2.45) is 0 Å². The first-order chi connectivity index (χ1) is 9.45. The Bertz CT molecular complexity index is 556. The number of nitrogens with zero attached hydrogens (tertiary/aromatic N) is 1. The summed E-state index contributed by atoms with van der Waals surface area (Å²) < 4.78 is 0. The Hall–Kier alpha value is -2.32. The van der Waals surface area contributed by atoms with Crippen LogP contribution in [0.1, 0.15) is 22.8 Å². The van der Waals surface area contributed by atoms with Gasteiger partial charge in [0.15, 0.2) is 0 Å². The molecule has 1 aromatic carbocycles. The number of hydrogen-bond acceptors (Lipinski definition) is 3. The topological polar surface area (TPSA) is 69.6 Å². The monoisotopic (exact) mass is 274 g/mol. The summed E-state index contributed by atoms with van der Waals surface area (Å²) in [5, 5.41) is 11.3. The predicted octanol–water partition coefficient (Wildman–Crippen LogP) is 0.237. The summed E-state index contributed by atoms with van der Waals surface area (Å²) >= 11 is 0. The highest BCUT2D eigenvalue weighted by atomic mass is 16.2. The molecule has 20 heavy (non-hydrogen) atoms. The van der Waals surface area contributed by atoms with Crippen LogP contribution in [-0.4, -0.2) is 48.6 Å². The maximum atomic E-state index is 12.0. The minimum absolute atomic E-state index is 0.172. The van der Waals surface area contributed by atoms with Crippen molar-refractivity contribution < 1.29 is 14.7 Å². The zero-order valence-electron chi connectivity index (χ0n) is 11.8. The van der Waals surface area contributed by atoms with E-state index in [1.807, 2.05) is 0 Å². The van der Waals surface area contributed by atoms with E-state index in [-0.39, 0.29) is 18.4 Å². The van der Waals surface area contributed by atoms with Gasteiger partial charge in [-0.1, -0.05) is 17.9 Å². The van der Waals surface area contributed by atoms with E-state index in [2.05, 4.69) is 17.2 Å². The first-order valence-electron chi connectivity index (χ1n) is 6.17. The minimum Gasteiger partial charge on any atom is -0.384 e. The van der Waals surface area contributed by atoms with Gasteiger partial charge in [-0.2, -0.15) is 0 Å². The minimum atomic E-state index is -0.593. The smallest absolute Gasteiger partial charge is 0.251 e. The molecule has 0 radical (unpaired) electrons. The lowest BCUT2D eigenvalue weighted by atomic mass is 10.1. The molecule has 0 heterocycles. The number of aliphatic hydroxyl groups is 1. The van der Waals surface area contributed by atoms with Gasteiger partial charge in [0.05, 0.1) is 0 Å². The van der Waals surface area contributed by atoms with Crippen molar-refractivity contribution in [3.63, 3.8) is 0 Å². The molecule has 1 atom stereocenters. The predicted molar refractivity (Wildman–Crippen MR) is 76.0 cm³/mol. The molecule has 0 spiro atoms. The SMILES string of the molecule is CC(NC(=O)c1cccc(C#CCO)c1)C(=O)N(C)C. The number of hydrogen-bond donors (Lipinski definition) is 2. The fourth-order valence-corrected chi connectivity index (χ4v) is 1.61. The fourth-order valence-electron chi connectivity index (χ4n) is 1.61. The molecule has 2 amide bonds. The van der Waals surface area contributed by atoms with Crippen molar-refractivity contribution in [3.05, 3.63) is 35.4 Å². The average molecular weight is 274 g/mol. The zero-order chi connectivity index (χ0) is 15.1. The van der Waals surface area contributed by atoms with Gasteiger partial charge >= 0.3 is 0 Å². The number of rotatable bonds is 3. The largest absolute Gasteiger partial charge is 0.384 e. The van der Waals surface area contributed by atoms with Crippen molar-refractivity contribution in [1.82, 2.24) is 10.2 Å². The van der Waals surface area contributed by atoms with E-state index in [1.54, 1.807) is 45.3 Å².